The highest BCUT2D eigenvalue weighted by molar-refractivity contribution is 6.30. The van der Waals surface area contributed by atoms with Gasteiger partial charge in [-0.15, -0.1) is 0 Å². The second kappa shape index (κ2) is 9.78. The van der Waals surface area contributed by atoms with Crippen molar-refractivity contribution >= 4 is 29.6 Å². The number of carbonyl (C=O) groups is 3. The number of benzene rings is 1. The average molecular weight is 453 g/mol. The summed E-state index contributed by atoms with van der Waals surface area (Å²) in [7, 11) is 2.41. The van der Waals surface area contributed by atoms with Gasteiger partial charge in [-0.2, -0.15) is 0 Å². The summed E-state index contributed by atoms with van der Waals surface area (Å²) in [6, 6.07) is 1.52. The molecule has 2 aromatic rings. The fourth-order valence-corrected chi connectivity index (χ4v) is 3.70. The molecular weight excluding hydrogens is 431 g/mol. The van der Waals surface area contributed by atoms with Crippen molar-refractivity contribution in [2.75, 3.05) is 20.8 Å². The third kappa shape index (κ3) is 4.96. The Kier molecular flexibility index (Phi) is 7.11. The summed E-state index contributed by atoms with van der Waals surface area (Å²) in [5.41, 5.74) is 1.45. The SMILES string of the molecule is COC(=O)CC[C@H](NC(=O)N1CCc2[nH]cnc2[C@H]1c1cc(Cl)ccc1F)C(=O)OC. The highest BCUT2D eigenvalue weighted by Gasteiger charge is 2.37. The summed E-state index contributed by atoms with van der Waals surface area (Å²) in [5.74, 6) is -1.78. The van der Waals surface area contributed by atoms with E-state index >= 15 is 0 Å². The topological polar surface area (TPSA) is 114 Å². The monoisotopic (exact) mass is 452 g/mol. The molecule has 166 valence electrons. The van der Waals surface area contributed by atoms with Crippen molar-refractivity contribution in [1.82, 2.24) is 20.2 Å². The van der Waals surface area contributed by atoms with Crippen molar-refractivity contribution in [3.8, 4) is 0 Å². The lowest BCUT2D eigenvalue weighted by Gasteiger charge is -2.36. The van der Waals surface area contributed by atoms with Crippen molar-refractivity contribution < 1.29 is 28.2 Å². The first-order valence-corrected chi connectivity index (χ1v) is 9.92. The first-order valence-electron chi connectivity index (χ1n) is 9.54. The number of fused-ring (bicyclic) bond motifs is 1. The van der Waals surface area contributed by atoms with Crippen LogP contribution in [0.4, 0.5) is 9.18 Å². The van der Waals surface area contributed by atoms with Crippen LogP contribution in [0.25, 0.3) is 0 Å². The number of urea groups is 1. The van der Waals surface area contributed by atoms with Gasteiger partial charge in [-0.05, 0) is 24.6 Å². The fourth-order valence-electron chi connectivity index (χ4n) is 3.52. The molecular formula is C20H22ClFN4O5. The zero-order chi connectivity index (χ0) is 22.5. The van der Waals surface area contributed by atoms with E-state index in [2.05, 4.69) is 20.0 Å². The van der Waals surface area contributed by atoms with E-state index in [1.807, 2.05) is 0 Å². The first kappa shape index (κ1) is 22.5. The molecule has 0 unspecified atom stereocenters. The molecule has 2 heterocycles. The van der Waals surface area contributed by atoms with Gasteiger partial charge in [0.15, 0.2) is 0 Å². The minimum absolute atomic E-state index is 0.0111. The molecule has 0 fully saturated rings. The molecule has 2 atom stereocenters. The molecule has 0 spiro atoms. The van der Waals surface area contributed by atoms with Crippen LogP contribution in [-0.4, -0.2) is 59.6 Å². The Morgan fingerprint density at radius 1 is 1.35 bits per heavy atom. The lowest BCUT2D eigenvalue weighted by molar-refractivity contribution is -0.144. The van der Waals surface area contributed by atoms with E-state index in [9.17, 15) is 18.8 Å². The molecule has 2 amide bonds. The number of aromatic nitrogens is 2. The summed E-state index contributed by atoms with van der Waals surface area (Å²) < 4.78 is 24.0. The molecule has 9 nitrogen and oxygen atoms in total. The number of ether oxygens (including phenoxy) is 2. The van der Waals surface area contributed by atoms with Gasteiger partial charge in [0, 0.05) is 35.7 Å². The van der Waals surface area contributed by atoms with E-state index in [0.717, 1.165) is 5.69 Å². The molecule has 0 saturated carbocycles. The normalized spacial score (nSPS) is 16.3. The lowest BCUT2D eigenvalue weighted by Crippen LogP contribution is -2.51. The second-order valence-electron chi connectivity index (χ2n) is 6.92. The van der Waals surface area contributed by atoms with E-state index in [4.69, 9.17) is 16.3 Å². The van der Waals surface area contributed by atoms with Crippen LogP contribution in [0.2, 0.25) is 5.02 Å². The maximum absolute atomic E-state index is 14.7. The van der Waals surface area contributed by atoms with Crippen molar-refractivity contribution in [2.24, 2.45) is 0 Å². The Morgan fingerprint density at radius 2 is 2.13 bits per heavy atom. The van der Waals surface area contributed by atoms with E-state index < -0.39 is 35.9 Å². The predicted molar refractivity (Wildman–Crippen MR) is 108 cm³/mol. The third-order valence-electron chi connectivity index (χ3n) is 5.09. The molecule has 11 heteroatoms. The minimum Gasteiger partial charge on any atom is -0.469 e. The number of esters is 2. The number of amides is 2. The van der Waals surface area contributed by atoms with Crippen LogP contribution in [0.3, 0.4) is 0 Å². The number of carbonyl (C=O) groups excluding carboxylic acids is 3. The summed E-state index contributed by atoms with van der Waals surface area (Å²) in [4.78, 5) is 45.4. The van der Waals surface area contributed by atoms with Gasteiger partial charge in [0.05, 0.1) is 26.2 Å². The summed E-state index contributed by atoms with van der Waals surface area (Å²) in [5, 5.41) is 2.90. The zero-order valence-corrected chi connectivity index (χ0v) is 17.7. The Hall–Kier alpha value is -3.14. The van der Waals surface area contributed by atoms with Gasteiger partial charge in [0.25, 0.3) is 0 Å². The molecule has 1 aromatic heterocycles. The van der Waals surface area contributed by atoms with Crippen molar-refractivity contribution in [2.45, 2.75) is 31.3 Å². The number of halogens is 2. The van der Waals surface area contributed by atoms with Gasteiger partial charge in [0.2, 0.25) is 0 Å². The van der Waals surface area contributed by atoms with E-state index in [1.165, 1.54) is 43.6 Å². The Morgan fingerprint density at radius 3 is 2.84 bits per heavy atom. The molecule has 31 heavy (non-hydrogen) atoms. The summed E-state index contributed by atoms with van der Waals surface area (Å²) in [6.45, 7) is 0.239. The number of H-pyrrole nitrogens is 1. The van der Waals surface area contributed by atoms with Crippen LogP contribution >= 0.6 is 11.6 Å². The van der Waals surface area contributed by atoms with Crippen LogP contribution in [0.1, 0.15) is 35.8 Å². The van der Waals surface area contributed by atoms with Gasteiger partial charge in [-0.25, -0.2) is 19.0 Å². The van der Waals surface area contributed by atoms with Crippen LogP contribution in [-0.2, 0) is 25.5 Å². The molecule has 1 aliphatic rings. The van der Waals surface area contributed by atoms with E-state index in [-0.39, 0.29) is 24.9 Å². The van der Waals surface area contributed by atoms with Crippen LogP contribution in [0.5, 0.6) is 0 Å². The molecule has 0 aliphatic carbocycles. The quantitative estimate of drug-likeness (QED) is 0.650. The number of aromatic amines is 1. The molecule has 0 bridgehead atoms. The largest absolute Gasteiger partial charge is 0.469 e. The predicted octanol–water partition coefficient (Wildman–Crippen LogP) is 2.35. The van der Waals surface area contributed by atoms with Crippen LogP contribution in [0.15, 0.2) is 24.5 Å². The van der Waals surface area contributed by atoms with Gasteiger partial charge in [-0.1, -0.05) is 11.6 Å². The van der Waals surface area contributed by atoms with Crippen molar-refractivity contribution in [1.29, 1.82) is 0 Å². The Balaban J connectivity index is 1.89. The molecule has 0 radical (unpaired) electrons. The molecule has 1 aliphatic heterocycles. The summed E-state index contributed by atoms with van der Waals surface area (Å²) >= 11 is 6.07. The Bertz CT molecular complexity index is 982. The van der Waals surface area contributed by atoms with Crippen LogP contribution in [0, 0.1) is 5.82 Å². The van der Waals surface area contributed by atoms with Crippen LogP contribution < -0.4 is 5.32 Å². The number of nitrogens with one attached hydrogen (secondary N) is 2. The Labute approximate surface area is 182 Å². The highest BCUT2D eigenvalue weighted by atomic mass is 35.5. The molecule has 2 N–H and O–H groups in total. The highest BCUT2D eigenvalue weighted by Crippen LogP contribution is 2.35. The number of imidazole rings is 1. The van der Waals surface area contributed by atoms with Gasteiger partial charge in [0.1, 0.15) is 17.9 Å². The van der Waals surface area contributed by atoms with Gasteiger partial charge < -0.3 is 24.7 Å². The average Bonchev–Trinajstić information content (AvgIpc) is 3.25. The number of hydrogen-bond acceptors (Lipinski definition) is 6. The number of rotatable bonds is 6. The molecule has 1 aromatic carbocycles. The maximum atomic E-state index is 14.7. The minimum atomic E-state index is -1.08. The van der Waals surface area contributed by atoms with Gasteiger partial charge >= 0.3 is 18.0 Å². The molecule has 3 rings (SSSR count). The van der Waals surface area contributed by atoms with Crippen molar-refractivity contribution in [3.63, 3.8) is 0 Å². The van der Waals surface area contributed by atoms with Gasteiger partial charge in [-0.3, -0.25) is 4.79 Å². The number of methoxy groups -OCH3 is 2. The number of nitrogens with zero attached hydrogens (tertiary/aromatic N) is 2. The summed E-state index contributed by atoms with van der Waals surface area (Å²) in [6.07, 6.45) is 1.84. The third-order valence-corrected chi connectivity index (χ3v) is 5.32. The lowest BCUT2D eigenvalue weighted by atomic mass is 9.95. The second-order valence-corrected chi connectivity index (χ2v) is 7.35. The maximum Gasteiger partial charge on any atom is 0.328 e. The zero-order valence-electron chi connectivity index (χ0n) is 17.0. The van der Waals surface area contributed by atoms with E-state index in [1.54, 1.807) is 0 Å². The van der Waals surface area contributed by atoms with E-state index in [0.29, 0.717) is 17.1 Å². The van der Waals surface area contributed by atoms with Crippen molar-refractivity contribution in [3.05, 3.63) is 52.3 Å². The number of hydrogen-bond donors (Lipinski definition) is 2. The first-order chi connectivity index (χ1) is 14.8. The fraction of sp³-hybridized carbons (Fsp3) is 0.400. The molecule has 0 saturated heterocycles. The smallest absolute Gasteiger partial charge is 0.328 e. The standard InChI is InChI=1S/C20H22ClFN4O5/c1-30-16(27)6-5-15(19(28)31-2)25-20(29)26-8-7-14-17(24-10-23-14)18(26)12-9-11(21)3-4-13(12)22/h3-4,9-10,15,18H,5-8H2,1-2H3,(H,23,24)(H,25,29)/t15-,18+/m0/s1.